The van der Waals surface area contributed by atoms with E-state index in [4.69, 9.17) is 10.5 Å². The lowest BCUT2D eigenvalue weighted by molar-refractivity contribution is -0.142. The summed E-state index contributed by atoms with van der Waals surface area (Å²) in [6.07, 6.45) is 0.420. The number of hydrogen-bond donors (Lipinski definition) is 1. The van der Waals surface area contributed by atoms with Crippen LogP contribution in [0.25, 0.3) is 0 Å². The summed E-state index contributed by atoms with van der Waals surface area (Å²) in [6.45, 7) is 7.75. The Morgan fingerprint density at radius 1 is 1.45 bits per heavy atom. The highest BCUT2D eigenvalue weighted by atomic mass is 16.5. The van der Waals surface area contributed by atoms with Crippen molar-refractivity contribution in [1.29, 1.82) is 0 Å². The number of nitrogens with zero attached hydrogens (tertiary/aromatic N) is 1. The molecule has 20 heavy (non-hydrogen) atoms. The molecule has 0 saturated carbocycles. The quantitative estimate of drug-likeness (QED) is 0.908. The first kappa shape index (κ1) is 15.0. The van der Waals surface area contributed by atoms with Gasteiger partial charge in [-0.05, 0) is 31.9 Å². The molecule has 1 fully saturated rings. The van der Waals surface area contributed by atoms with Crippen LogP contribution < -0.4 is 5.73 Å². The van der Waals surface area contributed by atoms with E-state index < -0.39 is 0 Å². The number of morpholine rings is 1. The van der Waals surface area contributed by atoms with E-state index in [0.29, 0.717) is 26.1 Å². The standard InChI is InChI=1S/C16H24N2O2/c1-11-4-5-12(2)14(6-11)7-16(19)18-9-15(8-17)20-10-13(18)3/h4-6,13,15H,7-10,17H2,1-3H3. The van der Waals surface area contributed by atoms with E-state index in [0.717, 1.165) is 5.56 Å². The topological polar surface area (TPSA) is 55.6 Å². The van der Waals surface area contributed by atoms with Crippen molar-refractivity contribution in [3.05, 3.63) is 34.9 Å². The van der Waals surface area contributed by atoms with Crippen LogP contribution in [0.1, 0.15) is 23.6 Å². The second-order valence-corrected chi connectivity index (χ2v) is 5.69. The monoisotopic (exact) mass is 276 g/mol. The van der Waals surface area contributed by atoms with Crippen molar-refractivity contribution >= 4 is 5.91 Å². The van der Waals surface area contributed by atoms with Crippen LogP contribution in [0.15, 0.2) is 18.2 Å². The first-order valence-corrected chi connectivity index (χ1v) is 7.18. The summed E-state index contributed by atoms with van der Waals surface area (Å²) in [7, 11) is 0. The molecule has 4 nitrogen and oxygen atoms in total. The van der Waals surface area contributed by atoms with Crippen LogP contribution in [-0.4, -0.2) is 42.6 Å². The lowest BCUT2D eigenvalue weighted by Gasteiger charge is -2.37. The van der Waals surface area contributed by atoms with Crippen LogP contribution in [0, 0.1) is 13.8 Å². The number of carbonyl (C=O) groups excluding carboxylic acids is 1. The van der Waals surface area contributed by atoms with E-state index in [1.807, 2.05) is 18.7 Å². The molecule has 4 heteroatoms. The summed E-state index contributed by atoms with van der Waals surface area (Å²) in [5.74, 6) is 0.160. The SMILES string of the molecule is Cc1ccc(C)c(CC(=O)N2CC(CN)OCC2C)c1. The molecule has 1 saturated heterocycles. The molecule has 1 heterocycles. The first-order valence-electron chi connectivity index (χ1n) is 7.18. The van der Waals surface area contributed by atoms with Crippen molar-refractivity contribution < 1.29 is 9.53 Å². The molecular formula is C16H24N2O2. The van der Waals surface area contributed by atoms with Gasteiger partial charge in [-0.2, -0.15) is 0 Å². The predicted octanol–water partition coefficient (Wildman–Crippen LogP) is 1.42. The first-order chi connectivity index (χ1) is 9.51. The Hall–Kier alpha value is -1.39. The second-order valence-electron chi connectivity index (χ2n) is 5.69. The molecule has 0 radical (unpaired) electrons. The predicted molar refractivity (Wildman–Crippen MR) is 79.6 cm³/mol. The number of aryl methyl sites for hydroxylation is 2. The van der Waals surface area contributed by atoms with Crippen LogP contribution in [0.5, 0.6) is 0 Å². The van der Waals surface area contributed by atoms with Gasteiger partial charge in [-0.25, -0.2) is 0 Å². The fourth-order valence-corrected chi connectivity index (χ4v) is 2.56. The molecule has 1 aliphatic rings. The molecule has 2 unspecified atom stereocenters. The largest absolute Gasteiger partial charge is 0.373 e. The minimum atomic E-state index is -0.0336. The summed E-state index contributed by atoms with van der Waals surface area (Å²) >= 11 is 0. The van der Waals surface area contributed by atoms with Gasteiger partial charge in [0.2, 0.25) is 5.91 Å². The average Bonchev–Trinajstić information content (AvgIpc) is 2.43. The molecule has 0 bridgehead atoms. The van der Waals surface area contributed by atoms with E-state index in [9.17, 15) is 4.79 Å². The van der Waals surface area contributed by atoms with Crippen LogP contribution >= 0.6 is 0 Å². The van der Waals surface area contributed by atoms with E-state index in [2.05, 4.69) is 25.1 Å². The van der Waals surface area contributed by atoms with Gasteiger partial charge in [-0.3, -0.25) is 4.79 Å². The maximum absolute atomic E-state index is 12.5. The zero-order chi connectivity index (χ0) is 14.7. The van der Waals surface area contributed by atoms with Gasteiger partial charge in [0.15, 0.2) is 0 Å². The minimum Gasteiger partial charge on any atom is -0.373 e. The van der Waals surface area contributed by atoms with E-state index >= 15 is 0 Å². The Balaban J connectivity index is 2.08. The molecule has 2 rings (SSSR count). The summed E-state index contributed by atoms with van der Waals surface area (Å²) in [5.41, 5.74) is 9.11. The van der Waals surface area contributed by atoms with Crippen LogP contribution in [0.2, 0.25) is 0 Å². The average molecular weight is 276 g/mol. The van der Waals surface area contributed by atoms with Crippen LogP contribution in [0.4, 0.5) is 0 Å². The van der Waals surface area contributed by atoms with Crippen LogP contribution in [0.3, 0.4) is 0 Å². The minimum absolute atomic E-state index is 0.0336. The zero-order valence-corrected chi connectivity index (χ0v) is 12.6. The molecule has 1 aliphatic heterocycles. The Morgan fingerprint density at radius 2 is 2.20 bits per heavy atom. The van der Waals surface area contributed by atoms with Crippen LogP contribution in [-0.2, 0) is 16.0 Å². The van der Waals surface area contributed by atoms with E-state index in [1.165, 1.54) is 11.1 Å². The van der Waals surface area contributed by atoms with Gasteiger partial charge < -0.3 is 15.4 Å². The summed E-state index contributed by atoms with van der Waals surface area (Å²) in [5, 5.41) is 0. The fourth-order valence-electron chi connectivity index (χ4n) is 2.56. The Bertz CT molecular complexity index is 487. The normalized spacial score (nSPS) is 22.9. The summed E-state index contributed by atoms with van der Waals surface area (Å²) < 4.78 is 5.59. The van der Waals surface area contributed by atoms with E-state index in [-0.39, 0.29) is 18.1 Å². The third-order valence-electron chi connectivity index (χ3n) is 3.94. The summed E-state index contributed by atoms with van der Waals surface area (Å²) in [4.78, 5) is 14.4. The van der Waals surface area contributed by atoms with Crippen molar-refractivity contribution in [2.75, 3.05) is 19.7 Å². The lowest BCUT2D eigenvalue weighted by Crippen LogP contribution is -2.53. The zero-order valence-electron chi connectivity index (χ0n) is 12.6. The Kier molecular flexibility index (Phi) is 4.78. The summed E-state index contributed by atoms with van der Waals surface area (Å²) in [6, 6.07) is 6.36. The van der Waals surface area contributed by atoms with Gasteiger partial charge >= 0.3 is 0 Å². The fraction of sp³-hybridized carbons (Fsp3) is 0.562. The van der Waals surface area contributed by atoms with Gasteiger partial charge in [-0.1, -0.05) is 23.8 Å². The maximum Gasteiger partial charge on any atom is 0.227 e. The molecule has 0 aromatic heterocycles. The number of ether oxygens (including phenoxy) is 1. The smallest absolute Gasteiger partial charge is 0.227 e. The molecule has 1 aromatic carbocycles. The number of amides is 1. The number of rotatable bonds is 3. The number of hydrogen-bond acceptors (Lipinski definition) is 3. The van der Waals surface area contributed by atoms with Gasteiger partial charge in [0.25, 0.3) is 0 Å². The van der Waals surface area contributed by atoms with Gasteiger partial charge in [-0.15, -0.1) is 0 Å². The van der Waals surface area contributed by atoms with Crippen molar-refractivity contribution in [3.63, 3.8) is 0 Å². The molecule has 0 aliphatic carbocycles. The Morgan fingerprint density at radius 3 is 2.90 bits per heavy atom. The number of nitrogens with two attached hydrogens (primary N) is 1. The lowest BCUT2D eigenvalue weighted by atomic mass is 10.0. The molecule has 2 N–H and O–H groups in total. The molecule has 2 atom stereocenters. The van der Waals surface area contributed by atoms with Crippen molar-refractivity contribution in [3.8, 4) is 0 Å². The van der Waals surface area contributed by atoms with Gasteiger partial charge in [0.1, 0.15) is 0 Å². The highest BCUT2D eigenvalue weighted by Crippen LogP contribution is 2.16. The number of benzene rings is 1. The van der Waals surface area contributed by atoms with Crippen molar-refractivity contribution in [2.24, 2.45) is 5.73 Å². The second kappa shape index (κ2) is 6.37. The third-order valence-corrected chi connectivity index (χ3v) is 3.94. The van der Waals surface area contributed by atoms with Gasteiger partial charge in [0, 0.05) is 13.1 Å². The number of carbonyl (C=O) groups is 1. The van der Waals surface area contributed by atoms with Gasteiger partial charge in [0.05, 0.1) is 25.2 Å². The molecule has 0 spiro atoms. The maximum atomic E-state index is 12.5. The van der Waals surface area contributed by atoms with Crippen molar-refractivity contribution in [2.45, 2.75) is 39.3 Å². The highest BCUT2D eigenvalue weighted by Gasteiger charge is 2.28. The third kappa shape index (κ3) is 3.38. The molecule has 110 valence electrons. The Labute approximate surface area is 120 Å². The molecule has 1 aromatic rings. The molecular weight excluding hydrogens is 252 g/mol. The van der Waals surface area contributed by atoms with Crippen molar-refractivity contribution in [1.82, 2.24) is 4.90 Å². The molecule has 1 amide bonds. The van der Waals surface area contributed by atoms with E-state index in [1.54, 1.807) is 0 Å². The highest BCUT2D eigenvalue weighted by molar-refractivity contribution is 5.79.